The van der Waals surface area contributed by atoms with Crippen LogP contribution in [0.4, 0.5) is 5.69 Å². The lowest BCUT2D eigenvalue weighted by atomic mass is 10.2. The Bertz CT molecular complexity index is 1170. The van der Waals surface area contributed by atoms with E-state index in [1.54, 1.807) is 30.6 Å². The van der Waals surface area contributed by atoms with Crippen molar-refractivity contribution in [1.29, 1.82) is 0 Å². The van der Waals surface area contributed by atoms with Gasteiger partial charge in [-0.15, -0.1) is 11.3 Å². The number of fused-ring (bicyclic) bond motifs is 1. The fourth-order valence-electron chi connectivity index (χ4n) is 2.97. The molecule has 10 heteroatoms. The molecule has 1 aromatic carbocycles. The van der Waals surface area contributed by atoms with E-state index in [-0.39, 0.29) is 15.4 Å². The number of anilines is 1. The Balaban J connectivity index is 1.70. The number of methoxy groups -OCH3 is 1. The van der Waals surface area contributed by atoms with Crippen molar-refractivity contribution in [2.75, 3.05) is 25.0 Å². The van der Waals surface area contributed by atoms with Crippen molar-refractivity contribution >= 4 is 60.7 Å². The van der Waals surface area contributed by atoms with Crippen LogP contribution in [0.25, 0.3) is 10.9 Å². The Morgan fingerprint density at radius 1 is 1.32 bits per heavy atom. The van der Waals surface area contributed by atoms with Crippen LogP contribution in [0.2, 0.25) is 0 Å². The molecule has 0 saturated heterocycles. The molecule has 1 aliphatic rings. The molecule has 0 bridgehead atoms. The average molecular weight is 436 g/mol. The molecule has 0 amide bonds. The van der Waals surface area contributed by atoms with Crippen LogP contribution in [0.3, 0.4) is 0 Å². The van der Waals surface area contributed by atoms with Crippen LogP contribution >= 0.6 is 23.1 Å². The highest BCUT2D eigenvalue weighted by molar-refractivity contribution is 8.15. The highest BCUT2D eigenvalue weighted by Gasteiger charge is 2.29. The summed E-state index contributed by atoms with van der Waals surface area (Å²) >= 11 is 2.53. The molecule has 0 radical (unpaired) electrons. The average Bonchev–Trinajstić information content (AvgIpc) is 3.45. The fourth-order valence-corrected chi connectivity index (χ4v) is 6.34. The number of nitrogens with one attached hydrogen (secondary N) is 1. The second-order valence-electron chi connectivity index (χ2n) is 6.10. The van der Waals surface area contributed by atoms with Crippen LogP contribution in [0.1, 0.15) is 5.69 Å². The molecule has 146 valence electrons. The second-order valence-corrected chi connectivity index (χ2v) is 10.4. The van der Waals surface area contributed by atoms with Crippen molar-refractivity contribution in [3.8, 4) is 0 Å². The van der Waals surface area contributed by atoms with Gasteiger partial charge in [0.25, 0.3) is 10.0 Å². The number of hydrogen-bond donors (Lipinski definition) is 1. The van der Waals surface area contributed by atoms with Crippen molar-refractivity contribution in [2.24, 2.45) is 4.99 Å². The van der Waals surface area contributed by atoms with Gasteiger partial charge in [0.15, 0.2) is 0 Å². The number of esters is 1. The molecule has 0 saturated carbocycles. The van der Waals surface area contributed by atoms with Gasteiger partial charge in [0.1, 0.15) is 14.5 Å². The molecule has 0 spiro atoms. The number of carbonyl (C=O) groups is 1. The predicted octanol–water partition coefficient (Wildman–Crippen LogP) is 3.09. The number of aliphatic imine (C=N–C) groups is 1. The van der Waals surface area contributed by atoms with Crippen LogP contribution in [-0.4, -0.2) is 50.4 Å². The van der Waals surface area contributed by atoms with E-state index in [0.717, 1.165) is 11.1 Å². The highest BCUT2D eigenvalue weighted by atomic mass is 32.2. The Morgan fingerprint density at radius 2 is 2.14 bits per heavy atom. The summed E-state index contributed by atoms with van der Waals surface area (Å²) < 4.78 is 32.1. The Labute approximate surface area is 170 Å². The van der Waals surface area contributed by atoms with Crippen LogP contribution in [0.5, 0.6) is 0 Å². The van der Waals surface area contributed by atoms with Gasteiger partial charge in [-0.05, 0) is 23.6 Å². The normalized spacial score (nSPS) is 16.9. The molecule has 3 aromatic rings. The summed E-state index contributed by atoms with van der Waals surface area (Å²) in [6.45, 7) is 0.363. The molecule has 7 nitrogen and oxygen atoms in total. The minimum Gasteiger partial charge on any atom is -0.468 e. The van der Waals surface area contributed by atoms with Crippen molar-refractivity contribution in [3.05, 3.63) is 47.5 Å². The monoisotopic (exact) mass is 435 g/mol. The van der Waals surface area contributed by atoms with E-state index >= 15 is 0 Å². The summed E-state index contributed by atoms with van der Waals surface area (Å²) in [5, 5.41) is 2.96. The number of rotatable bonds is 5. The number of aromatic amines is 1. The Morgan fingerprint density at radius 3 is 2.86 bits per heavy atom. The number of H-pyrrole nitrogens is 1. The lowest BCUT2D eigenvalue weighted by Gasteiger charge is -2.19. The van der Waals surface area contributed by atoms with Crippen molar-refractivity contribution in [3.63, 3.8) is 0 Å². The third-order valence-corrected chi connectivity index (χ3v) is 8.78. The number of thiophene rings is 1. The highest BCUT2D eigenvalue weighted by Crippen LogP contribution is 2.33. The predicted molar refractivity (Wildman–Crippen MR) is 113 cm³/mol. The molecule has 4 rings (SSSR count). The molecule has 28 heavy (non-hydrogen) atoms. The molecule has 1 atom stereocenters. The molecule has 1 unspecified atom stereocenters. The lowest BCUT2D eigenvalue weighted by molar-refractivity contribution is -0.139. The van der Waals surface area contributed by atoms with E-state index in [4.69, 9.17) is 4.74 Å². The molecule has 2 aromatic heterocycles. The quantitative estimate of drug-likeness (QED) is 0.622. The number of ether oxygens (including phenoxy) is 1. The zero-order chi connectivity index (χ0) is 19.9. The van der Waals surface area contributed by atoms with E-state index in [1.165, 1.54) is 34.5 Å². The van der Waals surface area contributed by atoms with Crippen molar-refractivity contribution < 1.29 is 17.9 Å². The van der Waals surface area contributed by atoms with Gasteiger partial charge >= 0.3 is 5.97 Å². The van der Waals surface area contributed by atoms with E-state index < -0.39 is 10.0 Å². The van der Waals surface area contributed by atoms with Crippen LogP contribution in [0.15, 0.2) is 51.0 Å². The maximum Gasteiger partial charge on any atom is 0.321 e. The maximum absolute atomic E-state index is 12.9. The second kappa shape index (κ2) is 7.26. The number of thioether (sulfide) groups is 1. The number of nitrogens with zero attached hydrogens (tertiary/aromatic N) is 2. The largest absolute Gasteiger partial charge is 0.468 e. The molecule has 0 fully saturated rings. The van der Waals surface area contributed by atoms with Gasteiger partial charge in [-0.25, -0.2) is 8.42 Å². The number of benzene rings is 1. The summed E-state index contributed by atoms with van der Waals surface area (Å²) in [6.07, 6.45) is 0. The Hall–Kier alpha value is -2.30. The third kappa shape index (κ3) is 3.21. The van der Waals surface area contributed by atoms with Gasteiger partial charge in [-0.2, -0.15) is 0 Å². The molecule has 0 aliphatic carbocycles. The smallest absolute Gasteiger partial charge is 0.321 e. The summed E-state index contributed by atoms with van der Waals surface area (Å²) in [6, 6.07) is 10.7. The van der Waals surface area contributed by atoms with E-state index in [0.29, 0.717) is 22.8 Å². The first kappa shape index (κ1) is 19.0. The van der Waals surface area contributed by atoms with Gasteiger partial charge < -0.3 is 9.72 Å². The van der Waals surface area contributed by atoms with Gasteiger partial charge in [0.05, 0.1) is 30.6 Å². The van der Waals surface area contributed by atoms with Crippen LogP contribution < -0.4 is 4.31 Å². The topological polar surface area (TPSA) is 91.8 Å². The minimum absolute atomic E-state index is 0.287. The number of hydrogen-bond acceptors (Lipinski definition) is 7. The van der Waals surface area contributed by atoms with E-state index in [9.17, 15) is 13.2 Å². The standard InChI is InChI=1S/C18H17N3O4S3/c1-21(28(23,24)15-7-4-8-26-15)13-6-3-5-11-9-12(20-16(11)13)17-19-10-14(27-17)18(22)25-2/h3-9,14,20H,10H2,1-2H3. The SMILES string of the molecule is COC(=O)C1CN=C(c2cc3cccc(N(C)S(=O)(=O)c4cccs4)c3[nH]2)S1. The van der Waals surface area contributed by atoms with Gasteiger partial charge in [-0.3, -0.25) is 14.1 Å². The third-order valence-electron chi connectivity index (χ3n) is 4.43. The number of para-hydroxylation sites is 1. The number of sulfonamides is 1. The van der Waals surface area contributed by atoms with Crippen LogP contribution in [-0.2, 0) is 19.6 Å². The summed E-state index contributed by atoms with van der Waals surface area (Å²) in [5.74, 6) is -0.303. The van der Waals surface area contributed by atoms with E-state index in [1.807, 2.05) is 18.2 Å². The Kier molecular flexibility index (Phi) is 4.94. The first-order valence-corrected chi connectivity index (χ1v) is 11.5. The zero-order valence-electron chi connectivity index (χ0n) is 15.1. The number of carbonyl (C=O) groups excluding carboxylic acids is 1. The maximum atomic E-state index is 12.9. The summed E-state index contributed by atoms with van der Waals surface area (Å²) in [7, 11) is -0.736. The first-order chi connectivity index (χ1) is 13.4. The fraction of sp³-hybridized carbons (Fsp3) is 0.222. The molecule has 1 N–H and O–H groups in total. The zero-order valence-corrected chi connectivity index (χ0v) is 17.5. The van der Waals surface area contributed by atoms with Crippen molar-refractivity contribution in [2.45, 2.75) is 9.46 Å². The van der Waals surface area contributed by atoms with Gasteiger partial charge in [-0.1, -0.05) is 30.0 Å². The number of aromatic nitrogens is 1. The molecule has 1 aliphatic heterocycles. The summed E-state index contributed by atoms with van der Waals surface area (Å²) in [5.41, 5.74) is 2.00. The molecule has 3 heterocycles. The van der Waals surface area contributed by atoms with E-state index in [2.05, 4.69) is 9.98 Å². The van der Waals surface area contributed by atoms with Crippen molar-refractivity contribution in [1.82, 2.24) is 4.98 Å². The van der Waals surface area contributed by atoms with Crippen LogP contribution in [0, 0.1) is 0 Å². The van der Waals surface area contributed by atoms with Gasteiger partial charge in [0.2, 0.25) is 0 Å². The summed E-state index contributed by atoms with van der Waals surface area (Å²) in [4.78, 5) is 19.4. The molecular formula is C18H17N3O4S3. The first-order valence-electron chi connectivity index (χ1n) is 8.35. The van der Waals surface area contributed by atoms with Gasteiger partial charge in [0, 0.05) is 12.4 Å². The minimum atomic E-state index is -3.64. The lowest BCUT2D eigenvalue weighted by Crippen LogP contribution is -2.26. The molecular weight excluding hydrogens is 418 g/mol.